The molecule has 2 aromatic rings. The van der Waals surface area contributed by atoms with E-state index in [0.717, 1.165) is 29.6 Å². The molecule has 0 aliphatic heterocycles. The number of nitrogens with zero attached hydrogens (tertiary/aromatic N) is 2. The van der Waals surface area contributed by atoms with Crippen LogP contribution in [0.1, 0.15) is 49.8 Å². The van der Waals surface area contributed by atoms with Gasteiger partial charge < -0.3 is 5.32 Å². The third-order valence-electron chi connectivity index (χ3n) is 3.18. The van der Waals surface area contributed by atoms with Gasteiger partial charge in [-0.1, -0.05) is 6.92 Å². The fourth-order valence-corrected chi connectivity index (χ4v) is 3.61. The summed E-state index contributed by atoms with van der Waals surface area (Å²) in [6, 6.07) is 5.10. The van der Waals surface area contributed by atoms with Gasteiger partial charge in [0.05, 0.1) is 5.69 Å². The highest BCUT2D eigenvalue weighted by molar-refractivity contribution is 9.10. The highest BCUT2D eigenvalue weighted by atomic mass is 79.9. The van der Waals surface area contributed by atoms with E-state index in [-0.39, 0.29) is 0 Å². The van der Waals surface area contributed by atoms with Gasteiger partial charge in [-0.25, -0.2) is 0 Å². The maximum Gasteiger partial charge on any atom is 0.0644 e. The fourth-order valence-electron chi connectivity index (χ4n) is 2.09. The summed E-state index contributed by atoms with van der Waals surface area (Å²) in [6.45, 7) is 7.53. The van der Waals surface area contributed by atoms with E-state index in [1.807, 2.05) is 4.68 Å². The van der Waals surface area contributed by atoms with Crippen LogP contribution in [0.15, 0.2) is 28.2 Å². The molecule has 5 heteroatoms. The first kappa shape index (κ1) is 15.7. The van der Waals surface area contributed by atoms with Gasteiger partial charge in [0.1, 0.15) is 0 Å². The number of thiophene rings is 1. The van der Waals surface area contributed by atoms with Gasteiger partial charge in [0.2, 0.25) is 0 Å². The molecule has 2 rings (SSSR count). The van der Waals surface area contributed by atoms with Crippen LogP contribution in [0.3, 0.4) is 0 Å². The number of hydrogen-bond acceptors (Lipinski definition) is 3. The van der Waals surface area contributed by atoms with E-state index in [0.29, 0.717) is 12.1 Å². The minimum Gasteiger partial charge on any atom is -0.309 e. The van der Waals surface area contributed by atoms with Crippen molar-refractivity contribution in [1.29, 1.82) is 0 Å². The molecule has 110 valence electrons. The Labute approximate surface area is 133 Å². The Hall–Kier alpha value is -0.650. The van der Waals surface area contributed by atoms with Crippen molar-refractivity contribution in [3.05, 3.63) is 38.8 Å². The Morgan fingerprint density at radius 2 is 2.25 bits per heavy atom. The van der Waals surface area contributed by atoms with Crippen molar-refractivity contribution < 1.29 is 0 Å². The van der Waals surface area contributed by atoms with Crippen LogP contribution >= 0.6 is 27.3 Å². The standard InChI is InChI=1S/C15H22BrN3S/c1-4-6-17-14(15-8-12(16)10-20-15)9-13-5-7-19(18-13)11(2)3/h5,7-8,10-11,14,17H,4,6,9H2,1-3H3. The SMILES string of the molecule is CCCNC(Cc1ccn(C(C)C)n1)c1cc(Br)cs1. The molecule has 1 N–H and O–H groups in total. The van der Waals surface area contributed by atoms with Gasteiger partial charge >= 0.3 is 0 Å². The third-order valence-corrected chi connectivity index (χ3v) is 4.99. The molecule has 2 aromatic heterocycles. The van der Waals surface area contributed by atoms with Crippen LogP contribution in [0, 0.1) is 0 Å². The van der Waals surface area contributed by atoms with E-state index in [1.54, 1.807) is 11.3 Å². The van der Waals surface area contributed by atoms with E-state index in [4.69, 9.17) is 0 Å². The van der Waals surface area contributed by atoms with Crippen molar-refractivity contribution in [2.45, 2.75) is 45.7 Å². The Balaban J connectivity index is 2.10. The molecule has 0 aromatic carbocycles. The maximum atomic E-state index is 4.66. The average molecular weight is 356 g/mol. The summed E-state index contributed by atoms with van der Waals surface area (Å²) < 4.78 is 3.19. The minimum atomic E-state index is 0.349. The molecule has 0 fully saturated rings. The van der Waals surface area contributed by atoms with Gasteiger partial charge in [0.15, 0.2) is 0 Å². The lowest BCUT2D eigenvalue weighted by Gasteiger charge is -2.16. The van der Waals surface area contributed by atoms with Crippen molar-refractivity contribution in [2.75, 3.05) is 6.54 Å². The van der Waals surface area contributed by atoms with Crippen LogP contribution in [0.25, 0.3) is 0 Å². The molecular formula is C15H22BrN3S. The molecule has 0 saturated carbocycles. The van der Waals surface area contributed by atoms with E-state index in [1.165, 1.54) is 4.88 Å². The smallest absolute Gasteiger partial charge is 0.0644 e. The van der Waals surface area contributed by atoms with Crippen LogP contribution in [-0.2, 0) is 6.42 Å². The first-order valence-electron chi connectivity index (χ1n) is 7.11. The molecule has 0 saturated heterocycles. The van der Waals surface area contributed by atoms with Crippen LogP contribution in [-0.4, -0.2) is 16.3 Å². The number of hydrogen-bond donors (Lipinski definition) is 1. The van der Waals surface area contributed by atoms with Crippen LogP contribution in [0.5, 0.6) is 0 Å². The van der Waals surface area contributed by atoms with E-state index < -0.39 is 0 Å². The summed E-state index contributed by atoms with van der Waals surface area (Å²) in [5.41, 5.74) is 1.15. The molecule has 3 nitrogen and oxygen atoms in total. The minimum absolute atomic E-state index is 0.349. The predicted octanol–water partition coefficient (Wildman–Crippen LogP) is 4.57. The summed E-state index contributed by atoms with van der Waals surface area (Å²) in [5, 5.41) is 10.4. The second-order valence-corrected chi connectivity index (χ2v) is 7.12. The zero-order chi connectivity index (χ0) is 14.5. The molecule has 0 radical (unpaired) electrons. The Morgan fingerprint density at radius 1 is 1.45 bits per heavy atom. The van der Waals surface area contributed by atoms with Crippen molar-refractivity contribution >= 4 is 27.3 Å². The van der Waals surface area contributed by atoms with Gasteiger partial charge in [0, 0.05) is 39.4 Å². The van der Waals surface area contributed by atoms with Crippen molar-refractivity contribution in [3.63, 3.8) is 0 Å². The van der Waals surface area contributed by atoms with Crippen molar-refractivity contribution in [2.24, 2.45) is 0 Å². The Bertz CT molecular complexity index is 533. The van der Waals surface area contributed by atoms with E-state index in [9.17, 15) is 0 Å². The first-order valence-corrected chi connectivity index (χ1v) is 8.78. The van der Waals surface area contributed by atoms with Gasteiger partial charge in [-0.3, -0.25) is 4.68 Å². The predicted molar refractivity (Wildman–Crippen MR) is 89.4 cm³/mol. The van der Waals surface area contributed by atoms with Gasteiger partial charge in [-0.2, -0.15) is 5.10 Å². The third kappa shape index (κ3) is 4.17. The molecule has 2 heterocycles. The summed E-state index contributed by atoms with van der Waals surface area (Å²) in [7, 11) is 0. The molecule has 0 spiro atoms. The van der Waals surface area contributed by atoms with Crippen LogP contribution in [0.4, 0.5) is 0 Å². The van der Waals surface area contributed by atoms with Gasteiger partial charge in [-0.15, -0.1) is 11.3 Å². The van der Waals surface area contributed by atoms with Crippen molar-refractivity contribution in [1.82, 2.24) is 15.1 Å². The molecule has 0 amide bonds. The topological polar surface area (TPSA) is 29.9 Å². The van der Waals surface area contributed by atoms with Crippen molar-refractivity contribution in [3.8, 4) is 0 Å². The van der Waals surface area contributed by atoms with E-state index >= 15 is 0 Å². The number of nitrogens with one attached hydrogen (secondary N) is 1. The summed E-state index contributed by atoms with van der Waals surface area (Å²) in [5.74, 6) is 0. The molecular weight excluding hydrogens is 334 g/mol. The number of aromatic nitrogens is 2. The second kappa shape index (κ2) is 7.38. The Kier molecular flexibility index (Phi) is 5.81. The largest absolute Gasteiger partial charge is 0.309 e. The van der Waals surface area contributed by atoms with Gasteiger partial charge in [-0.05, 0) is 54.9 Å². The molecule has 0 aliphatic rings. The lowest BCUT2D eigenvalue weighted by Crippen LogP contribution is -2.23. The molecule has 1 unspecified atom stereocenters. The molecule has 0 aliphatic carbocycles. The summed E-state index contributed by atoms with van der Waals surface area (Å²) in [4.78, 5) is 1.37. The molecule has 20 heavy (non-hydrogen) atoms. The average Bonchev–Trinajstić information content (AvgIpc) is 3.03. The number of halogens is 1. The zero-order valence-corrected chi connectivity index (χ0v) is 14.7. The van der Waals surface area contributed by atoms with E-state index in [2.05, 4.69) is 70.8 Å². The quantitative estimate of drug-likeness (QED) is 0.788. The Morgan fingerprint density at radius 3 is 2.80 bits per heavy atom. The lowest BCUT2D eigenvalue weighted by atomic mass is 10.1. The molecule has 1 atom stereocenters. The van der Waals surface area contributed by atoms with Gasteiger partial charge in [0.25, 0.3) is 0 Å². The second-order valence-electron chi connectivity index (χ2n) is 5.26. The summed E-state index contributed by atoms with van der Waals surface area (Å²) >= 11 is 5.34. The highest BCUT2D eigenvalue weighted by Gasteiger charge is 2.15. The highest BCUT2D eigenvalue weighted by Crippen LogP contribution is 2.27. The monoisotopic (exact) mass is 355 g/mol. The maximum absolute atomic E-state index is 4.66. The molecule has 0 bridgehead atoms. The first-order chi connectivity index (χ1) is 9.60. The van der Waals surface area contributed by atoms with Crippen LogP contribution < -0.4 is 5.32 Å². The fraction of sp³-hybridized carbons (Fsp3) is 0.533. The zero-order valence-electron chi connectivity index (χ0n) is 12.3. The number of rotatable bonds is 7. The summed E-state index contributed by atoms with van der Waals surface area (Å²) in [6.07, 6.45) is 4.15. The van der Waals surface area contributed by atoms with Crippen LogP contribution in [0.2, 0.25) is 0 Å². The normalized spacial score (nSPS) is 13.1. The lowest BCUT2D eigenvalue weighted by molar-refractivity contribution is 0.503.